The van der Waals surface area contributed by atoms with Crippen LogP contribution < -0.4 is 0 Å². The predicted molar refractivity (Wildman–Crippen MR) is 92.8 cm³/mol. The second-order valence-corrected chi connectivity index (χ2v) is 5.97. The standard InChI is InChI=1S/C19H21N3O3/c1-14-16(11-20-21(14)2)19(24)22(12-15-7-4-3-5-8-15)13-17(23)18-9-6-10-25-18/h3-11,17,23H,12-13H2,1-2H3/t17-/m0/s1. The van der Waals surface area contributed by atoms with Gasteiger partial charge < -0.3 is 14.4 Å². The number of aliphatic hydroxyl groups is 1. The maximum absolute atomic E-state index is 13.0. The number of nitrogens with zero attached hydrogens (tertiary/aromatic N) is 3. The largest absolute Gasteiger partial charge is 0.467 e. The Labute approximate surface area is 146 Å². The molecule has 0 aliphatic heterocycles. The lowest BCUT2D eigenvalue weighted by Gasteiger charge is -2.25. The molecule has 0 unspecified atom stereocenters. The monoisotopic (exact) mass is 339 g/mol. The third-order valence-corrected chi connectivity index (χ3v) is 4.23. The van der Waals surface area contributed by atoms with Gasteiger partial charge in [-0.25, -0.2) is 0 Å². The molecule has 0 aliphatic rings. The SMILES string of the molecule is Cc1c(C(=O)N(Cc2ccccc2)C[C@H](O)c2ccco2)cnn1C. The molecule has 3 rings (SSSR count). The van der Waals surface area contributed by atoms with Gasteiger partial charge >= 0.3 is 0 Å². The first kappa shape index (κ1) is 17.0. The zero-order valence-corrected chi connectivity index (χ0v) is 14.3. The zero-order chi connectivity index (χ0) is 17.8. The lowest BCUT2D eigenvalue weighted by molar-refractivity contribution is 0.0562. The van der Waals surface area contributed by atoms with Crippen molar-refractivity contribution in [3.63, 3.8) is 0 Å². The average Bonchev–Trinajstić information content (AvgIpc) is 3.26. The number of aromatic nitrogens is 2. The molecule has 0 saturated heterocycles. The van der Waals surface area contributed by atoms with Crippen molar-refractivity contribution in [3.8, 4) is 0 Å². The Hall–Kier alpha value is -2.86. The Kier molecular flexibility index (Phi) is 5.00. The van der Waals surface area contributed by atoms with Crippen molar-refractivity contribution in [3.05, 3.63) is 77.5 Å². The van der Waals surface area contributed by atoms with Gasteiger partial charge in [-0.05, 0) is 24.6 Å². The van der Waals surface area contributed by atoms with Gasteiger partial charge in [-0.2, -0.15) is 5.10 Å². The van der Waals surface area contributed by atoms with Gasteiger partial charge in [0.05, 0.1) is 24.6 Å². The molecule has 1 N–H and O–H groups in total. The first-order valence-corrected chi connectivity index (χ1v) is 8.09. The molecule has 2 heterocycles. The van der Waals surface area contributed by atoms with Crippen LogP contribution >= 0.6 is 0 Å². The summed E-state index contributed by atoms with van der Waals surface area (Å²) in [5.41, 5.74) is 2.31. The second-order valence-electron chi connectivity index (χ2n) is 5.97. The molecule has 0 saturated carbocycles. The summed E-state index contributed by atoms with van der Waals surface area (Å²) in [5, 5.41) is 14.6. The lowest BCUT2D eigenvalue weighted by atomic mass is 10.1. The number of rotatable bonds is 6. The van der Waals surface area contributed by atoms with Crippen molar-refractivity contribution < 1.29 is 14.3 Å². The van der Waals surface area contributed by atoms with Gasteiger partial charge in [0.1, 0.15) is 11.9 Å². The molecule has 130 valence electrons. The van der Waals surface area contributed by atoms with Crippen molar-refractivity contribution in [2.45, 2.75) is 19.6 Å². The van der Waals surface area contributed by atoms with E-state index in [1.807, 2.05) is 37.3 Å². The number of carbonyl (C=O) groups is 1. The summed E-state index contributed by atoms with van der Waals surface area (Å²) >= 11 is 0. The highest BCUT2D eigenvalue weighted by Gasteiger charge is 2.24. The molecule has 25 heavy (non-hydrogen) atoms. The summed E-state index contributed by atoms with van der Waals surface area (Å²) in [7, 11) is 1.80. The third-order valence-electron chi connectivity index (χ3n) is 4.23. The van der Waals surface area contributed by atoms with Crippen LogP contribution in [0.5, 0.6) is 0 Å². The molecular weight excluding hydrogens is 318 g/mol. The highest BCUT2D eigenvalue weighted by atomic mass is 16.4. The molecule has 0 bridgehead atoms. The summed E-state index contributed by atoms with van der Waals surface area (Å²) < 4.78 is 6.92. The Morgan fingerprint density at radius 1 is 1.28 bits per heavy atom. The number of furan rings is 1. The van der Waals surface area contributed by atoms with E-state index in [0.717, 1.165) is 11.3 Å². The molecular formula is C19H21N3O3. The predicted octanol–water partition coefficient (Wildman–Crippen LogP) is 2.70. The fourth-order valence-electron chi connectivity index (χ4n) is 2.68. The number of carbonyl (C=O) groups excluding carboxylic acids is 1. The highest BCUT2D eigenvalue weighted by Crippen LogP contribution is 2.19. The van der Waals surface area contributed by atoms with Gasteiger partial charge in [-0.15, -0.1) is 0 Å². The van der Waals surface area contributed by atoms with Crippen LogP contribution in [0, 0.1) is 6.92 Å². The van der Waals surface area contributed by atoms with E-state index in [2.05, 4.69) is 5.10 Å². The van der Waals surface area contributed by atoms with E-state index < -0.39 is 6.10 Å². The van der Waals surface area contributed by atoms with Crippen molar-refractivity contribution >= 4 is 5.91 Å². The maximum Gasteiger partial charge on any atom is 0.257 e. The molecule has 3 aromatic rings. The van der Waals surface area contributed by atoms with Gasteiger partial charge in [0.2, 0.25) is 0 Å². The Bertz CT molecular complexity index is 825. The molecule has 0 spiro atoms. The molecule has 0 aliphatic carbocycles. The van der Waals surface area contributed by atoms with E-state index in [0.29, 0.717) is 17.9 Å². The first-order chi connectivity index (χ1) is 12.1. The molecule has 0 fully saturated rings. The smallest absolute Gasteiger partial charge is 0.257 e. The van der Waals surface area contributed by atoms with E-state index in [-0.39, 0.29) is 12.5 Å². The number of hydrogen-bond donors (Lipinski definition) is 1. The number of aliphatic hydroxyl groups excluding tert-OH is 1. The minimum absolute atomic E-state index is 0.134. The van der Waals surface area contributed by atoms with Crippen molar-refractivity contribution in [2.24, 2.45) is 7.05 Å². The number of amides is 1. The van der Waals surface area contributed by atoms with E-state index in [9.17, 15) is 9.90 Å². The molecule has 1 amide bonds. The Morgan fingerprint density at radius 3 is 2.64 bits per heavy atom. The Balaban J connectivity index is 1.85. The van der Waals surface area contributed by atoms with Crippen molar-refractivity contribution in [1.29, 1.82) is 0 Å². The summed E-state index contributed by atoms with van der Waals surface area (Å²) in [6.45, 7) is 2.38. The maximum atomic E-state index is 13.0. The summed E-state index contributed by atoms with van der Waals surface area (Å²) in [6, 6.07) is 13.1. The van der Waals surface area contributed by atoms with Gasteiger partial charge in [-0.3, -0.25) is 9.48 Å². The fraction of sp³-hybridized carbons (Fsp3) is 0.263. The van der Waals surface area contributed by atoms with Crippen LogP contribution in [0.15, 0.2) is 59.3 Å². The minimum Gasteiger partial charge on any atom is -0.467 e. The molecule has 1 atom stereocenters. The number of benzene rings is 1. The quantitative estimate of drug-likeness (QED) is 0.749. The third kappa shape index (κ3) is 3.80. The zero-order valence-electron chi connectivity index (χ0n) is 14.3. The van der Waals surface area contributed by atoms with Crippen LogP contribution in [0.25, 0.3) is 0 Å². The Morgan fingerprint density at radius 2 is 2.04 bits per heavy atom. The van der Waals surface area contributed by atoms with Gasteiger partial charge in [0, 0.05) is 19.3 Å². The van der Waals surface area contributed by atoms with Gasteiger partial charge in [0.15, 0.2) is 0 Å². The topological polar surface area (TPSA) is 71.5 Å². The van der Waals surface area contributed by atoms with Crippen LogP contribution in [0.4, 0.5) is 0 Å². The average molecular weight is 339 g/mol. The fourth-order valence-corrected chi connectivity index (χ4v) is 2.68. The van der Waals surface area contributed by atoms with Crippen LogP contribution in [-0.4, -0.2) is 32.2 Å². The molecule has 0 radical (unpaired) electrons. The minimum atomic E-state index is -0.889. The molecule has 6 heteroatoms. The molecule has 2 aromatic heterocycles. The number of hydrogen-bond acceptors (Lipinski definition) is 4. The second kappa shape index (κ2) is 7.36. The summed E-state index contributed by atoms with van der Waals surface area (Å²) in [6.07, 6.45) is 2.18. The van der Waals surface area contributed by atoms with Gasteiger partial charge in [0.25, 0.3) is 5.91 Å². The summed E-state index contributed by atoms with van der Waals surface area (Å²) in [4.78, 5) is 14.6. The van der Waals surface area contributed by atoms with E-state index in [1.165, 1.54) is 6.26 Å². The van der Waals surface area contributed by atoms with E-state index in [4.69, 9.17) is 4.42 Å². The van der Waals surface area contributed by atoms with E-state index in [1.54, 1.807) is 35.0 Å². The van der Waals surface area contributed by atoms with Crippen molar-refractivity contribution in [1.82, 2.24) is 14.7 Å². The van der Waals surface area contributed by atoms with E-state index >= 15 is 0 Å². The van der Waals surface area contributed by atoms with Crippen LogP contribution in [0.1, 0.15) is 33.5 Å². The summed E-state index contributed by atoms with van der Waals surface area (Å²) in [5.74, 6) is 0.272. The lowest BCUT2D eigenvalue weighted by Crippen LogP contribution is -2.34. The van der Waals surface area contributed by atoms with Crippen LogP contribution in [0.3, 0.4) is 0 Å². The van der Waals surface area contributed by atoms with Gasteiger partial charge in [-0.1, -0.05) is 30.3 Å². The highest BCUT2D eigenvalue weighted by molar-refractivity contribution is 5.95. The molecule has 1 aromatic carbocycles. The molecule has 6 nitrogen and oxygen atoms in total. The normalized spacial score (nSPS) is 12.1. The number of aryl methyl sites for hydroxylation is 1. The van der Waals surface area contributed by atoms with Crippen LogP contribution in [-0.2, 0) is 13.6 Å². The van der Waals surface area contributed by atoms with Crippen molar-refractivity contribution in [2.75, 3.05) is 6.54 Å². The first-order valence-electron chi connectivity index (χ1n) is 8.09. The van der Waals surface area contributed by atoms with Crippen LogP contribution in [0.2, 0.25) is 0 Å².